The summed E-state index contributed by atoms with van der Waals surface area (Å²) in [6, 6.07) is 21.0. The number of carbonyl (C=O) groups excluding carboxylic acids is 1. The molecule has 1 amide bonds. The van der Waals surface area contributed by atoms with E-state index in [-0.39, 0.29) is 23.1 Å². The molecule has 3 aromatic carbocycles. The highest BCUT2D eigenvalue weighted by Gasteiger charge is 2.24. The van der Waals surface area contributed by atoms with Crippen LogP contribution in [0.15, 0.2) is 77.7 Å². The van der Waals surface area contributed by atoms with Crippen LogP contribution >= 0.6 is 0 Å². The average Bonchev–Trinajstić information content (AvgIpc) is 2.78. The molecule has 0 aliphatic rings. The number of amidine groups is 1. The molecular weight excluding hydrogens is 462 g/mol. The standard InChI is InChI=1S/C26H31N5O3S/c1-26(2,3)31-35(33,34)23-10-5-4-9-22(23)18-11-13-20(14-12-18)30-24(32)15-16-29-21-8-6-7-19(17-21)25(27)28/h4-14,17,29,31H,15-16H2,1-3H3,(H3,27,28)(H,30,32). The largest absolute Gasteiger partial charge is 0.385 e. The van der Waals surface area contributed by atoms with E-state index in [1.54, 1.807) is 87.5 Å². The summed E-state index contributed by atoms with van der Waals surface area (Å²) in [7, 11) is -3.71. The second-order valence-electron chi connectivity index (χ2n) is 9.15. The molecule has 0 fully saturated rings. The molecular formula is C26H31N5O3S. The van der Waals surface area contributed by atoms with Gasteiger partial charge in [-0.1, -0.05) is 42.5 Å². The molecule has 6 N–H and O–H groups in total. The summed E-state index contributed by atoms with van der Waals surface area (Å²) in [5.41, 5.74) is 8.22. The Labute approximate surface area is 206 Å². The number of amides is 1. The zero-order chi connectivity index (χ0) is 25.6. The van der Waals surface area contributed by atoms with E-state index >= 15 is 0 Å². The van der Waals surface area contributed by atoms with Crippen molar-refractivity contribution in [1.29, 1.82) is 5.41 Å². The molecule has 0 aliphatic carbocycles. The van der Waals surface area contributed by atoms with Gasteiger partial charge in [0.25, 0.3) is 0 Å². The third kappa shape index (κ3) is 7.40. The minimum Gasteiger partial charge on any atom is -0.385 e. The van der Waals surface area contributed by atoms with Crippen LogP contribution in [0.3, 0.4) is 0 Å². The number of nitrogens with two attached hydrogens (primary N) is 1. The molecule has 3 rings (SSSR count). The molecule has 35 heavy (non-hydrogen) atoms. The third-order valence-corrected chi connectivity index (χ3v) is 6.77. The number of carbonyl (C=O) groups is 1. The molecule has 0 bridgehead atoms. The minimum absolute atomic E-state index is 0.0134. The van der Waals surface area contributed by atoms with Gasteiger partial charge in [-0.2, -0.15) is 0 Å². The number of anilines is 2. The lowest BCUT2D eigenvalue weighted by Crippen LogP contribution is -2.40. The number of rotatable bonds is 9. The fourth-order valence-corrected chi connectivity index (χ4v) is 5.12. The first-order chi connectivity index (χ1) is 16.4. The van der Waals surface area contributed by atoms with Gasteiger partial charge >= 0.3 is 0 Å². The number of benzene rings is 3. The quantitative estimate of drug-likeness (QED) is 0.225. The van der Waals surface area contributed by atoms with Gasteiger partial charge in [0.15, 0.2) is 0 Å². The van der Waals surface area contributed by atoms with E-state index in [0.717, 1.165) is 11.3 Å². The Balaban J connectivity index is 1.63. The van der Waals surface area contributed by atoms with Crippen LogP contribution in [0.5, 0.6) is 0 Å². The summed E-state index contributed by atoms with van der Waals surface area (Å²) in [5.74, 6) is -0.175. The minimum atomic E-state index is -3.71. The summed E-state index contributed by atoms with van der Waals surface area (Å²) in [6.45, 7) is 5.80. The van der Waals surface area contributed by atoms with E-state index < -0.39 is 15.6 Å². The molecule has 0 aliphatic heterocycles. The molecule has 0 aromatic heterocycles. The summed E-state index contributed by atoms with van der Waals surface area (Å²) >= 11 is 0. The SMILES string of the molecule is CC(C)(C)NS(=O)(=O)c1ccccc1-c1ccc(NC(=O)CCNc2cccc(C(=N)N)c2)cc1. The van der Waals surface area contributed by atoms with Crippen LogP contribution in [0, 0.1) is 5.41 Å². The molecule has 9 heteroatoms. The lowest BCUT2D eigenvalue weighted by molar-refractivity contribution is -0.115. The predicted molar refractivity (Wildman–Crippen MR) is 141 cm³/mol. The maximum atomic E-state index is 12.9. The molecule has 3 aromatic rings. The lowest BCUT2D eigenvalue weighted by Gasteiger charge is -2.21. The van der Waals surface area contributed by atoms with Gasteiger partial charge in [-0.3, -0.25) is 10.2 Å². The van der Waals surface area contributed by atoms with Crippen LogP contribution in [0.1, 0.15) is 32.8 Å². The maximum absolute atomic E-state index is 12.9. The maximum Gasteiger partial charge on any atom is 0.241 e. The number of hydrogen-bond acceptors (Lipinski definition) is 5. The second kappa shape index (κ2) is 10.7. The summed E-state index contributed by atoms with van der Waals surface area (Å²) in [4.78, 5) is 12.6. The van der Waals surface area contributed by atoms with Crippen molar-refractivity contribution in [1.82, 2.24) is 4.72 Å². The van der Waals surface area contributed by atoms with Gasteiger partial charge in [-0.05, 0) is 56.7 Å². The van der Waals surface area contributed by atoms with Crippen molar-refractivity contribution in [3.05, 3.63) is 78.4 Å². The van der Waals surface area contributed by atoms with Gasteiger partial charge in [0.2, 0.25) is 15.9 Å². The van der Waals surface area contributed by atoms with E-state index in [1.807, 2.05) is 6.07 Å². The summed E-state index contributed by atoms with van der Waals surface area (Å²) < 4.78 is 28.5. The fraction of sp³-hybridized carbons (Fsp3) is 0.231. The first kappa shape index (κ1) is 25.9. The molecule has 0 radical (unpaired) electrons. The summed E-state index contributed by atoms with van der Waals surface area (Å²) in [5, 5.41) is 13.5. The normalized spacial score (nSPS) is 11.6. The third-order valence-electron chi connectivity index (χ3n) is 4.95. The zero-order valence-electron chi connectivity index (χ0n) is 20.1. The Hall–Kier alpha value is -3.69. The monoisotopic (exact) mass is 493 g/mol. The Kier molecular flexibility index (Phi) is 7.93. The van der Waals surface area contributed by atoms with Crippen molar-refractivity contribution in [2.45, 2.75) is 37.6 Å². The van der Waals surface area contributed by atoms with E-state index in [0.29, 0.717) is 23.4 Å². The highest BCUT2D eigenvalue weighted by Crippen LogP contribution is 2.29. The van der Waals surface area contributed by atoms with E-state index in [9.17, 15) is 13.2 Å². The highest BCUT2D eigenvalue weighted by molar-refractivity contribution is 7.89. The molecule has 0 atom stereocenters. The first-order valence-electron chi connectivity index (χ1n) is 11.2. The molecule has 0 heterocycles. The topological polar surface area (TPSA) is 137 Å². The smallest absolute Gasteiger partial charge is 0.241 e. The first-order valence-corrected chi connectivity index (χ1v) is 12.6. The molecule has 0 saturated heterocycles. The van der Waals surface area contributed by atoms with Crippen LogP contribution in [-0.2, 0) is 14.8 Å². The Morgan fingerprint density at radius 2 is 1.63 bits per heavy atom. The van der Waals surface area contributed by atoms with Crippen LogP contribution in [0.2, 0.25) is 0 Å². The van der Waals surface area contributed by atoms with Crippen molar-refractivity contribution in [3.8, 4) is 11.1 Å². The van der Waals surface area contributed by atoms with Gasteiger partial charge < -0.3 is 16.4 Å². The van der Waals surface area contributed by atoms with Crippen molar-refractivity contribution < 1.29 is 13.2 Å². The highest BCUT2D eigenvalue weighted by atomic mass is 32.2. The van der Waals surface area contributed by atoms with Gasteiger partial charge in [-0.15, -0.1) is 0 Å². The average molecular weight is 494 g/mol. The summed E-state index contributed by atoms with van der Waals surface area (Å²) in [6.07, 6.45) is 0.242. The van der Waals surface area contributed by atoms with Crippen molar-refractivity contribution in [2.75, 3.05) is 17.2 Å². The number of sulfonamides is 1. The van der Waals surface area contributed by atoms with Crippen molar-refractivity contribution in [2.24, 2.45) is 5.73 Å². The Morgan fingerprint density at radius 1 is 0.943 bits per heavy atom. The van der Waals surface area contributed by atoms with Crippen molar-refractivity contribution in [3.63, 3.8) is 0 Å². The molecule has 0 unspecified atom stereocenters. The van der Waals surface area contributed by atoms with Gasteiger partial charge in [0, 0.05) is 41.0 Å². The van der Waals surface area contributed by atoms with Gasteiger partial charge in [-0.25, -0.2) is 13.1 Å². The van der Waals surface area contributed by atoms with Crippen LogP contribution in [0.4, 0.5) is 11.4 Å². The van der Waals surface area contributed by atoms with Crippen LogP contribution < -0.4 is 21.1 Å². The number of nitrogen functional groups attached to an aromatic ring is 1. The van der Waals surface area contributed by atoms with Gasteiger partial charge in [0.05, 0.1) is 4.90 Å². The molecule has 184 valence electrons. The van der Waals surface area contributed by atoms with Crippen LogP contribution in [0.25, 0.3) is 11.1 Å². The second-order valence-corrected chi connectivity index (χ2v) is 10.8. The molecule has 0 saturated carbocycles. The fourth-order valence-electron chi connectivity index (χ4n) is 3.47. The van der Waals surface area contributed by atoms with Crippen molar-refractivity contribution >= 4 is 33.1 Å². The van der Waals surface area contributed by atoms with E-state index in [4.69, 9.17) is 11.1 Å². The molecule has 0 spiro atoms. The van der Waals surface area contributed by atoms with Crippen LogP contribution in [-0.4, -0.2) is 32.2 Å². The lowest BCUT2D eigenvalue weighted by atomic mass is 10.1. The molecule has 8 nitrogen and oxygen atoms in total. The van der Waals surface area contributed by atoms with Gasteiger partial charge in [0.1, 0.15) is 5.84 Å². The Morgan fingerprint density at radius 3 is 2.29 bits per heavy atom. The number of nitrogens with one attached hydrogen (secondary N) is 4. The predicted octanol–water partition coefficient (Wildman–Crippen LogP) is 4.16. The number of hydrogen-bond donors (Lipinski definition) is 5. The Bertz CT molecular complexity index is 1310. The van der Waals surface area contributed by atoms with E-state index in [2.05, 4.69) is 15.4 Å². The van der Waals surface area contributed by atoms with E-state index in [1.165, 1.54) is 0 Å². The zero-order valence-corrected chi connectivity index (χ0v) is 20.9.